The molecule has 0 fully saturated rings. The molecule has 3 rings (SSSR count). The molecule has 2 aromatic carbocycles. The Labute approximate surface area is 151 Å². The van der Waals surface area contributed by atoms with Crippen LogP contribution in [0.5, 0.6) is 5.75 Å². The Bertz CT molecular complexity index is 844. The monoisotopic (exact) mass is 352 g/mol. The molecule has 0 radical (unpaired) electrons. The molecule has 1 amide bonds. The predicted molar refractivity (Wildman–Crippen MR) is 102 cm³/mol. The molecule has 1 aromatic heterocycles. The minimum absolute atomic E-state index is 0.191. The Morgan fingerprint density at radius 1 is 1.16 bits per heavy atom. The first-order chi connectivity index (χ1) is 12.1. The number of aromatic nitrogens is 1. The Morgan fingerprint density at radius 3 is 2.72 bits per heavy atom. The van der Waals surface area contributed by atoms with Crippen LogP contribution in [-0.4, -0.2) is 17.5 Å². The molecule has 5 heteroatoms. The van der Waals surface area contributed by atoms with E-state index in [1.807, 2.05) is 47.8 Å². The molecule has 0 atom stereocenters. The van der Waals surface area contributed by atoms with Gasteiger partial charge in [-0.1, -0.05) is 50.2 Å². The van der Waals surface area contributed by atoms with Crippen molar-refractivity contribution in [2.24, 2.45) is 5.92 Å². The number of carbonyl (C=O) groups excluding carboxylic acids is 1. The van der Waals surface area contributed by atoms with Gasteiger partial charge in [-0.3, -0.25) is 10.1 Å². The second-order valence-corrected chi connectivity index (χ2v) is 6.95. The Kier molecular flexibility index (Phi) is 5.46. The van der Waals surface area contributed by atoms with E-state index in [2.05, 4.69) is 24.1 Å². The molecule has 1 heterocycles. The number of rotatable bonds is 6. The summed E-state index contributed by atoms with van der Waals surface area (Å²) >= 11 is 1.41. The molecule has 0 spiro atoms. The zero-order valence-corrected chi connectivity index (χ0v) is 15.0. The second kappa shape index (κ2) is 7.94. The highest BCUT2D eigenvalue weighted by Crippen LogP contribution is 2.25. The number of hydrogen-bond donors (Lipinski definition) is 1. The molecule has 0 saturated carbocycles. The van der Waals surface area contributed by atoms with Gasteiger partial charge in [0.1, 0.15) is 5.75 Å². The summed E-state index contributed by atoms with van der Waals surface area (Å²) in [5, 5.41) is 5.37. The molecule has 128 valence electrons. The SMILES string of the molecule is CC(C)COc1cccc(C(=O)Nc2nc(-c3ccccc3)cs2)c1. The fourth-order valence-electron chi connectivity index (χ4n) is 2.23. The number of thiazole rings is 1. The third kappa shape index (κ3) is 4.67. The molecule has 3 aromatic rings. The van der Waals surface area contributed by atoms with Crippen LogP contribution in [0.2, 0.25) is 0 Å². The van der Waals surface area contributed by atoms with E-state index in [1.165, 1.54) is 11.3 Å². The van der Waals surface area contributed by atoms with Gasteiger partial charge in [-0.25, -0.2) is 4.98 Å². The van der Waals surface area contributed by atoms with Gasteiger partial charge in [0.2, 0.25) is 0 Å². The third-order valence-corrected chi connectivity index (χ3v) is 4.23. The van der Waals surface area contributed by atoms with Crippen molar-refractivity contribution >= 4 is 22.4 Å². The van der Waals surface area contributed by atoms with Crippen LogP contribution < -0.4 is 10.1 Å². The minimum atomic E-state index is -0.191. The molecule has 0 saturated heterocycles. The van der Waals surface area contributed by atoms with Gasteiger partial charge in [0.25, 0.3) is 5.91 Å². The molecule has 25 heavy (non-hydrogen) atoms. The van der Waals surface area contributed by atoms with Gasteiger partial charge in [0, 0.05) is 16.5 Å². The highest BCUT2D eigenvalue weighted by Gasteiger charge is 2.11. The first kappa shape index (κ1) is 17.2. The zero-order valence-electron chi connectivity index (χ0n) is 14.2. The van der Waals surface area contributed by atoms with Gasteiger partial charge in [0.05, 0.1) is 12.3 Å². The van der Waals surface area contributed by atoms with E-state index in [0.717, 1.165) is 11.3 Å². The summed E-state index contributed by atoms with van der Waals surface area (Å²) in [6.07, 6.45) is 0. The van der Waals surface area contributed by atoms with Crippen molar-refractivity contribution in [3.05, 3.63) is 65.5 Å². The number of nitrogens with zero attached hydrogens (tertiary/aromatic N) is 1. The fourth-order valence-corrected chi connectivity index (χ4v) is 2.95. The average Bonchev–Trinajstić information content (AvgIpc) is 3.09. The lowest BCUT2D eigenvalue weighted by molar-refractivity contribution is 0.102. The molecule has 0 aliphatic carbocycles. The summed E-state index contributed by atoms with van der Waals surface area (Å²) in [5.41, 5.74) is 2.44. The molecular weight excluding hydrogens is 332 g/mol. The minimum Gasteiger partial charge on any atom is -0.493 e. The van der Waals surface area contributed by atoms with Crippen molar-refractivity contribution in [1.82, 2.24) is 4.98 Å². The van der Waals surface area contributed by atoms with Crippen LogP contribution in [-0.2, 0) is 0 Å². The number of ether oxygens (including phenoxy) is 1. The van der Waals surface area contributed by atoms with Gasteiger partial charge in [-0.2, -0.15) is 0 Å². The van der Waals surface area contributed by atoms with E-state index in [4.69, 9.17) is 4.74 Å². The Morgan fingerprint density at radius 2 is 1.96 bits per heavy atom. The molecule has 0 bridgehead atoms. The first-order valence-electron chi connectivity index (χ1n) is 8.17. The van der Waals surface area contributed by atoms with Crippen molar-refractivity contribution in [2.45, 2.75) is 13.8 Å². The van der Waals surface area contributed by atoms with Gasteiger partial charge in [-0.15, -0.1) is 11.3 Å². The quantitative estimate of drug-likeness (QED) is 0.672. The van der Waals surface area contributed by atoms with Crippen molar-refractivity contribution in [3.63, 3.8) is 0 Å². The summed E-state index contributed by atoms with van der Waals surface area (Å²) in [7, 11) is 0. The molecule has 0 aliphatic heterocycles. The van der Waals surface area contributed by atoms with Crippen molar-refractivity contribution in [2.75, 3.05) is 11.9 Å². The standard InChI is InChI=1S/C20H20N2O2S/c1-14(2)12-24-17-10-6-9-16(11-17)19(23)22-20-21-18(13-25-20)15-7-4-3-5-8-15/h3-11,13-14H,12H2,1-2H3,(H,21,22,23). The molecule has 4 nitrogen and oxygen atoms in total. The maximum atomic E-state index is 12.5. The number of nitrogens with one attached hydrogen (secondary N) is 1. The summed E-state index contributed by atoms with van der Waals surface area (Å²) in [6, 6.07) is 17.1. The van der Waals surface area contributed by atoms with E-state index in [9.17, 15) is 4.79 Å². The van der Waals surface area contributed by atoms with E-state index in [1.54, 1.807) is 12.1 Å². The number of amides is 1. The van der Waals surface area contributed by atoms with E-state index >= 15 is 0 Å². The van der Waals surface area contributed by atoms with Crippen LogP contribution in [0, 0.1) is 5.92 Å². The van der Waals surface area contributed by atoms with Crippen LogP contribution in [0.4, 0.5) is 5.13 Å². The number of anilines is 1. The van der Waals surface area contributed by atoms with Crippen LogP contribution >= 0.6 is 11.3 Å². The predicted octanol–water partition coefficient (Wildman–Crippen LogP) is 5.10. The van der Waals surface area contributed by atoms with Crippen molar-refractivity contribution in [3.8, 4) is 17.0 Å². The smallest absolute Gasteiger partial charge is 0.257 e. The van der Waals surface area contributed by atoms with E-state index < -0.39 is 0 Å². The highest BCUT2D eigenvalue weighted by atomic mass is 32.1. The fraction of sp³-hybridized carbons (Fsp3) is 0.200. The van der Waals surface area contributed by atoms with Crippen LogP contribution in [0.25, 0.3) is 11.3 Å². The number of hydrogen-bond acceptors (Lipinski definition) is 4. The zero-order chi connectivity index (χ0) is 17.6. The molecule has 0 aliphatic rings. The Balaban J connectivity index is 1.68. The number of carbonyl (C=O) groups is 1. The second-order valence-electron chi connectivity index (χ2n) is 6.09. The van der Waals surface area contributed by atoms with Gasteiger partial charge in [-0.05, 0) is 24.1 Å². The first-order valence-corrected chi connectivity index (χ1v) is 9.05. The van der Waals surface area contributed by atoms with Gasteiger partial charge in [0.15, 0.2) is 5.13 Å². The lowest BCUT2D eigenvalue weighted by atomic mass is 10.2. The van der Waals surface area contributed by atoms with E-state index in [-0.39, 0.29) is 5.91 Å². The summed E-state index contributed by atoms with van der Waals surface area (Å²) < 4.78 is 5.68. The largest absolute Gasteiger partial charge is 0.493 e. The number of benzene rings is 2. The van der Waals surface area contributed by atoms with Crippen LogP contribution in [0.3, 0.4) is 0 Å². The maximum Gasteiger partial charge on any atom is 0.257 e. The lowest BCUT2D eigenvalue weighted by Crippen LogP contribution is -2.12. The van der Waals surface area contributed by atoms with Crippen molar-refractivity contribution in [1.29, 1.82) is 0 Å². The third-order valence-electron chi connectivity index (χ3n) is 3.47. The molecule has 1 N–H and O–H groups in total. The van der Waals surface area contributed by atoms with E-state index in [0.29, 0.717) is 29.0 Å². The summed E-state index contributed by atoms with van der Waals surface area (Å²) in [5.74, 6) is 0.943. The van der Waals surface area contributed by atoms with Crippen molar-refractivity contribution < 1.29 is 9.53 Å². The van der Waals surface area contributed by atoms with Gasteiger partial charge >= 0.3 is 0 Å². The summed E-state index contributed by atoms with van der Waals surface area (Å²) in [4.78, 5) is 16.9. The highest BCUT2D eigenvalue weighted by molar-refractivity contribution is 7.14. The maximum absolute atomic E-state index is 12.5. The molecule has 0 unspecified atom stereocenters. The Hall–Kier alpha value is -2.66. The van der Waals surface area contributed by atoms with Crippen LogP contribution in [0.15, 0.2) is 60.0 Å². The lowest BCUT2D eigenvalue weighted by Gasteiger charge is -2.09. The van der Waals surface area contributed by atoms with Gasteiger partial charge < -0.3 is 4.74 Å². The normalized spacial score (nSPS) is 10.7. The average molecular weight is 352 g/mol. The molecular formula is C20H20N2O2S. The summed E-state index contributed by atoms with van der Waals surface area (Å²) in [6.45, 7) is 4.80. The topological polar surface area (TPSA) is 51.2 Å². The van der Waals surface area contributed by atoms with Crippen LogP contribution in [0.1, 0.15) is 24.2 Å².